The van der Waals surface area contributed by atoms with Gasteiger partial charge in [-0.05, 0) is 43.4 Å². The molecule has 6 rings (SSSR count). The topological polar surface area (TPSA) is 71.1 Å². The molecule has 0 aromatic rings. The van der Waals surface area contributed by atoms with E-state index in [9.17, 15) is 9.59 Å². The van der Waals surface area contributed by atoms with E-state index >= 15 is 0 Å². The van der Waals surface area contributed by atoms with Gasteiger partial charge in [0.15, 0.2) is 11.9 Å². The number of esters is 2. The Balaban J connectivity index is 1.38. The van der Waals surface area contributed by atoms with Crippen molar-refractivity contribution >= 4 is 11.9 Å². The molecule has 0 radical (unpaired) electrons. The largest absolute Gasteiger partial charge is 0.465 e. The minimum atomic E-state index is -0.695. The summed E-state index contributed by atoms with van der Waals surface area (Å²) in [5.41, 5.74) is -0.424. The molecular formula is C20H28O6. The van der Waals surface area contributed by atoms with Crippen LogP contribution in [0.2, 0.25) is 0 Å². The summed E-state index contributed by atoms with van der Waals surface area (Å²) in [4.78, 5) is 24.9. The Labute approximate surface area is 153 Å². The van der Waals surface area contributed by atoms with Gasteiger partial charge in [-0.15, -0.1) is 0 Å². The highest BCUT2D eigenvalue weighted by Crippen LogP contribution is 2.67. The van der Waals surface area contributed by atoms with Crippen molar-refractivity contribution < 1.29 is 28.5 Å². The lowest BCUT2D eigenvalue weighted by atomic mass is 9.47. The van der Waals surface area contributed by atoms with Crippen LogP contribution in [0.3, 0.4) is 0 Å². The van der Waals surface area contributed by atoms with Crippen LogP contribution in [0.4, 0.5) is 0 Å². The van der Waals surface area contributed by atoms with Gasteiger partial charge in [0, 0.05) is 11.8 Å². The van der Waals surface area contributed by atoms with Gasteiger partial charge in [0.05, 0.1) is 12.0 Å². The minimum absolute atomic E-state index is 0.0331. The maximum absolute atomic E-state index is 13.0. The Kier molecular flexibility index (Phi) is 3.41. The molecule has 0 N–H and O–H groups in total. The van der Waals surface area contributed by atoms with E-state index in [2.05, 4.69) is 20.8 Å². The fourth-order valence-electron chi connectivity index (χ4n) is 6.16. The van der Waals surface area contributed by atoms with Gasteiger partial charge >= 0.3 is 11.9 Å². The van der Waals surface area contributed by atoms with Crippen LogP contribution >= 0.6 is 0 Å². The Hall–Kier alpha value is -1.14. The molecule has 4 atom stereocenters. The van der Waals surface area contributed by atoms with E-state index in [0.29, 0.717) is 12.5 Å². The summed E-state index contributed by atoms with van der Waals surface area (Å²) in [6.45, 7) is 6.96. The zero-order chi connectivity index (χ0) is 18.3. The number of cyclic esters (lactones) is 1. The molecule has 2 saturated heterocycles. The van der Waals surface area contributed by atoms with Crippen LogP contribution in [-0.2, 0) is 28.5 Å². The van der Waals surface area contributed by atoms with Gasteiger partial charge in [-0.2, -0.15) is 0 Å². The van der Waals surface area contributed by atoms with Gasteiger partial charge in [0.25, 0.3) is 0 Å². The molecule has 0 aromatic heterocycles. The highest BCUT2D eigenvalue weighted by molar-refractivity contribution is 5.79. The molecule has 4 unspecified atom stereocenters. The van der Waals surface area contributed by atoms with Crippen LogP contribution in [0.15, 0.2) is 0 Å². The van der Waals surface area contributed by atoms with Gasteiger partial charge < -0.3 is 18.9 Å². The van der Waals surface area contributed by atoms with Crippen molar-refractivity contribution in [1.29, 1.82) is 0 Å². The monoisotopic (exact) mass is 364 g/mol. The zero-order valence-electron chi connectivity index (χ0n) is 15.8. The summed E-state index contributed by atoms with van der Waals surface area (Å²) < 4.78 is 23.4. The SMILES string of the molecule is CC(C)(C)COC(=O)C12CC3CC(C1)C1(OC4COC(=O)C4O1)C(C3)C2. The molecule has 4 aliphatic carbocycles. The van der Waals surface area contributed by atoms with Crippen molar-refractivity contribution in [2.24, 2.45) is 28.6 Å². The van der Waals surface area contributed by atoms with E-state index < -0.39 is 17.3 Å². The average Bonchev–Trinajstić information content (AvgIpc) is 3.09. The minimum Gasteiger partial charge on any atom is -0.465 e. The predicted octanol–water partition coefficient (Wildman–Crippen LogP) is 2.44. The second-order valence-corrected chi connectivity index (χ2v) is 10.3. The molecule has 0 amide bonds. The first kappa shape index (κ1) is 17.0. The highest BCUT2D eigenvalue weighted by Gasteiger charge is 2.71. The average molecular weight is 364 g/mol. The van der Waals surface area contributed by atoms with Gasteiger partial charge in [0.1, 0.15) is 12.7 Å². The molecule has 2 aliphatic heterocycles. The van der Waals surface area contributed by atoms with Gasteiger partial charge in [-0.3, -0.25) is 4.79 Å². The summed E-state index contributed by atoms with van der Waals surface area (Å²) in [5, 5.41) is 0. The van der Waals surface area contributed by atoms with Crippen molar-refractivity contribution in [3.05, 3.63) is 0 Å². The number of hydrogen-bond donors (Lipinski definition) is 0. The molecular weight excluding hydrogens is 336 g/mol. The molecule has 2 heterocycles. The Bertz CT molecular complexity index is 633. The molecule has 26 heavy (non-hydrogen) atoms. The van der Waals surface area contributed by atoms with E-state index in [0.717, 1.165) is 32.1 Å². The third kappa shape index (κ3) is 2.30. The number of hydrogen-bond acceptors (Lipinski definition) is 6. The van der Waals surface area contributed by atoms with Crippen molar-refractivity contribution in [2.45, 2.75) is 70.9 Å². The number of ether oxygens (including phenoxy) is 4. The molecule has 0 aromatic carbocycles. The van der Waals surface area contributed by atoms with Crippen molar-refractivity contribution in [1.82, 2.24) is 0 Å². The van der Waals surface area contributed by atoms with Crippen molar-refractivity contribution in [3.8, 4) is 0 Å². The molecule has 144 valence electrons. The van der Waals surface area contributed by atoms with Crippen LogP contribution in [0, 0.1) is 28.6 Å². The first-order valence-corrected chi connectivity index (χ1v) is 9.90. The molecule has 4 saturated carbocycles. The predicted molar refractivity (Wildman–Crippen MR) is 89.8 cm³/mol. The normalized spacial score (nSPS) is 48.7. The molecule has 6 aliphatic rings. The Morgan fingerprint density at radius 1 is 1.15 bits per heavy atom. The molecule has 6 nitrogen and oxygen atoms in total. The van der Waals surface area contributed by atoms with Crippen LogP contribution < -0.4 is 0 Å². The number of carbonyl (C=O) groups excluding carboxylic acids is 2. The van der Waals surface area contributed by atoms with E-state index in [1.165, 1.54) is 0 Å². The second-order valence-electron chi connectivity index (χ2n) is 10.3. The Morgan fingerprint density at radius 2 is 1.85 bits per heavy atom. The lowest BCUT2D eigenvalue weighted by molar-refractivity contribution is -0.314. The second kappa shape index (κ2) is 5.22. The summed E-state index contributed by atoms with van der Waals surface area (Å²) >= 11 is 0. The first-order valence-electron chi connectivity index (χ1n) is 9.90. The fourth-order valence-corrected chi connectivity index (χ4v) is 6.16. The van der Waals surface area contributed by atoms with Gasteiger partial charge in [-0.25, -0.2) is 4.79 Å². The number of fused-ring (bicyclic) bond motifs is 1. The third-order valence-electron chi connectivity index (χ3n) is 7.00. The molecule has 4 bridgehead atoms. The maximum atomic E-state index is 13.0. The van der Waals surface area contributed by atoms with Crippen LogP contribution in [0.5, 0.6) is 0 Å². The summed E-state index contributed by atoms with van der Waals surface area (Å²) in [5.74, 6) is -0.192. The summed E-state index contributed by atoms with van der Waals surface area (Å²) in [6, 6.07) is 0. The Morgan fingerprint density at radius 3 is 2.46 bits per heavy atom. The standard InChI is InChI=1S/C20H28O6/c1-18(2,3)10-24-17(22)19-6-11-4-12(7-19)20(13(5-11)8-19)25-14-9-23-16(21)15(14)26-20/h11-15H,4-10H2,1-3H3. The molecule has 6 heteroatoms. The smallest absolute Gasteiger partial charge is 0.338 e. The van der Waals surface area contributed by atoms with Crippen LogP contribution in [0.25, 0.3) is 0 Å². The van der Waals surface area contributed by atoms with E-state index in [1.54, 1.807) is 0 Å². The quantitative estimate of drug-likeness (QED) is 0.701. The number of rotatable bonds is 2. The van der Waals surface area contributed by atoms with Crippen LogP contribution in [0.1, 0.15) is 52.9 Å². The lowest BCUT2D eigenvalue weighted by Gasteiger charge is -2.61. The summed E-state index contributed by atoms with van der Waals surface area (Å²) in [7, 11) is 0. The van der Waals surface area contributed by atoms with Crippen molar-refractivity contribution in [2.75, 3.05) is 13.2 Å². The zero-order valence-corrected chi connectivity index (χ0v) is 15.8. The molecule has 6 fully saturated rings. The summed E-state index contributed by atoms with van der Waals surface area (Å²) in [6.07, 6.45) is 3.57. The number of carbonyl (C=O) groups is 2. The lowest BCUT2D eigenvalue weighted by Crippen LogP contribution is -2.64. The molecule has 1 spiro atoms. The van der Waals surface area contributed by atoms with Gasteiger partial charge in [-0.1, -0.05) is 20.8 Å². The highest BCUT2D eigenvalue weighted by atomic mass is 16.8. The third-order valence-corrected chi connectivity index (χ3v) is 7.00. The van der Waals surface area contributed by atoms with E-state index in [4.69, 9.17) is 18.9 Å². The van der Waals surface area contributed by atoms with Crippen molar-refractivity contribution in [3.63, 3.8) is 0 Å². The van der Waals surface area contributed by atoms with Gasteiger partial charge in [0.2, 0.25) is 0 Å². The van der Waals surface area contributed by atoms with E-state index in [-0.39, 0.29) is 41.9 Å². The van der Waals surface area contributed by atoms with Crippen LogP contribution in [-0.4, -0.2) is 43.1 Å². The fraction of sp³-hybridized carbons (Fsp3) is 0.900. The maximum Gasteiger partial charge on any atom is 0.338 e. The first-order chi connectivity index (χ1) is 12.2. The van der Waals surface area contributed by atoms with E-state index in [1.807, 2.05) is 0 Å².